The minimum Gasteiger partial charge on any atom is -0.0861 e. The number of rotatable bonds is 1. The van der Waals surface area contributed by atoms with Gasteiger partial charge in [-0.05, 0) is 15.9 Å². The minimum atomic E-state index is -1.21. The molecule has 0 fully saturated rings. The largest absolute Gasteiger partial charge is 0.0861 e. The molecule has 0 N–H and O–H groups in total. The van der Waals surface area contributed by atoms with Crippen LogP contribution < -0.4 is 0 Å². The average Bonchev–Trinajstić information content (AvgIpc) is 1.77. The van der Waals surface area contributed by atoms with Crippen LogP contribution in [-0.4, -0.2) is 23.8 Å². The molecule has 0 aliphatic rings. The van der Waals surface area contributed by atoms with Crippen molar-refractivity contribution < 1.29 is 0 Å². The highest BCUT2D eigenvalue weighted by Crippen LogP contribution is 2.73. The van der Waals surface area contributed by atoms with Gasteiger partial charge in [0.15, 0.2) is 0 Å². The van der Waals surface area contributed by atoms with Crippen LogP contribution in [0.25, 0.3) is 0 Å². The molecule has 15 heavy (non-hydrogen) atoms. The summed E-state index contributed by atoms with van der Waals surface area (Å²) in [5, 5.41) is 0.705. The Morgan fingerprint density at radius 2 is 1.13 bits per heavy atom. The fourth-order valence-corrected chi connectivity index (χ4v) is 16.8. The standard InChI is InChI=1S/C12H28BrPSi/c1-11(2,3)14(13,12(4,5)6)10-15(7,8)9/h10H,1-9H3. The summed E-state index contributed by atoms with van der Waals surface area (Å²) in [5.74, 6) is 0. The summed E-state index contributed by atoms with van der Waals surface area (Å²) in [6.45, 7) is 21.5. The lowest BCUT2D eigenvalue weighted by molar-refractivity contribution is 0.718. The van der Waals surface area contributed by atoms with E-state index < -0.39 is 13.7 Å². The van der Waals surface area contributed by atoms with Gasteiger partial charge in [-0.25, -0.2) is 0 Å². The maximum Gasteiger partial charge on any atom is 0.0698 e. The van der Waals surface area contributed by atoms with Crippen molar-refractivity contribution in [2.45, 2.75) is 71.5 Å². The van der Waals surface area contributed by atoms with Crippen LogP contribution in [-0.2, 0) is 0 Å². The zero-order valence-corrected chi connectivity index (χ0v) is 15.4. The van der Waals surface area contributed by atoms with E-state index in [-0.39, 0.29) is 0 Å². The molecule has 0 aromatic carbocycles. The van der Waals surface area contributed by atoms with E-state index in [1.807, 2.05) is 0 Å². The van der Waals surface area contributed by atoms with Gasteiger partial charge < -0.3 is 0 Å². The SMILES string of the molecule is CC(C)(C)P(Br)(=C[Si](C)(C)C)C(C)(C)C. The van der Waals surface area contributed by atoms with Gasteiger partial charge in [0.2, 0.25) is 0 Å². The summed E-state index contributed by atoms with van der Waals surface area (Å²) in [4.78, 5) is 0. The van der Waals surface area contributed by atoms with Crippen LogP contribution in [0, 0.1) is 0 Å². The Morgan fingerprint density at radius 3 is 1.20 bits per heavy atom. The molecule has 0 rings (SSSR count). The van der Waals surface area contributed by atoms with Crippen molar-refractivity contribution in [3.8, 4) is 0 Å². The molecule has 0 saturated heterocycles. The first-order chi connectivity index (χ1) is 6.21. The lowest BCUT2D eigenvalue weighted by atomic mass is 10.2. The van der Waals surface area contributed by atoms with Gasteiger partial charge in [0, 0.05) is 0 Å². The number of hydrogen-bond acceptors (Lipinski definition) is 0. The minimum absolute atomic E-state index is 0.353. The molecule has 0 unspecified atom stereocenters. The lowest BCUT2D eigenvalue weighted by Crippen LogP contribution is -2.33. The lowest BCUT2D eigenvalue weighted by Gasteiger charge is -2.45. The van der Waals surface area contributed by atoms with Gasteiger partial charge in [-0.2, -0.15) is 0 Å². The molecule has 0 nitrogen and oxygen atoms in total. The molecule has 0 aliphatic carbocycles. The molecule has 0 saturated carbocycles. The first kappa shape index (κ1) is 16.0. The molecule has 92 valence electrons. The van der Waals surface area contributed by atoms with E-state index in [1.54, 1.807) is 0 Å². The third-order valence-electron chi connectivity index (χ3n) is 2.52. The van der Waals surface area contributed by atoms with Crippen molar-refractivity contribution >= 4 is 34.6 Å². The smallest absolute Gasteiger partial charge is 0.0698 e. The Kier molecular flexibility index (Phi) is 4.64. The second-order valence-corrected chi connectivity index (χ2v) is 20.6. The van der Waals surface area contributed by atoms with Crippen LogP contribution in [0.1, 0.15) is 41.5 Å². The fraction of sp³-hybridized carbons (Fsp3) is 0.917. The second-order valence-electron chi connectivity index (χ2n) is 7.47. The van der Waals surface area contributed by atoms with Crippen LogP contribution in [0.4, 0.5) is 0 Å². The highest BCUT2D eigenvalue weighted by Gasteiger charge is 2.40. The summed E-state index contributed by atoms with van der Waals surface area (Å²) < 4.78 is 0. The first-order valence-electron chi connectivity index (χ1n) is 5.66. The maximum atomic E-state index is 4.15. The van der Waals surface area contributed by atoms with Gasteiger partial charge in [-0.3, -0.25) is 0 Å². The van der Waals surface area contributed by atoms with Crippen LogP contribution >= 0.6 is 21.1 Å². The van der Waals surface area contributed by atoms with Crippen molar-refractivity contribution in [1.82, 2.24) is 0 Å². The number of hydrogen-bond donors (Lipinski definition) is 0. The Bertz CT molecular complexity index is 255. The Balaban J connectivity index is 5.77. The van der Waals surface area contributed by atoms with Crippen LogP contribution in [0.3, 0.4) is 0 Å². The van der Waals surface area contributed by atoms with E-state index in [2.05, 4.69) is 82.1 Å². The molecule has 0 spiro atoms. The topological polar surface area (TPSA) is 0 Å². The van der Waals surface area contributed by atoms with Gasteiger partial charge in [0.05, 0.1) is 8.07 Å². The zero-order valence-electron chi connectivity index (χ0n) is 11.9. The van der Waals surface area contributed by atoms with E-state index in [4.69, 9.17) is 0 Å². The molecular formula is C12H28BrPSi. The summed E-state index contributed by atoms with van der Waals surface area (Å²) in [7, 11) is -1.13. The third kappa shape index (κ3) is 4.05. The molecular weight excluding hydrogens is 283 g/mol. The Morgan fingerprint density at radius 1 is 0.867 bits per heavy atom. The van der Waals surface area contributed by atoms with E-state index in [9.17, 15) is 0 Å². The normalized spacial score (nSPS) is 15.3. The predicted octanol–water partition coefficient (Wildman–Crippen LogP) is 5.59. The molecule has 0 atom stereocenters. The van der Waals surface area contributed by atoms with E-state index >= 15 is 0 Å². The van der Waals surface area contributed by atoms with Gasteiger partial charge in [0.25, 0.3) is 0 Å². The van der Waals surface area contributed by atoms with Crippen molar-refractivity contribution in [3.63, 3.8) is 0 Å². The van der Waals surface area contributed by atoms with E-state index in [0.717, 1.165) is 0 Å². The van der Waals surface area contributed by atoms with Gasteiger partial charge in [-0.15, -0.1) is 0 Å². The van der Waals surface area contributed by atoms with Gasteiger partial charge in [-0.1, -0.05) is 82.1 Å². The maximum absolute atomic E-state index is 4.15. The Hall–Kier alpha value is 0.997. The van der Waals surface area contributed by atoms with Gasteiger partial charge in [0.1, 0.15) is 0 Å². The number of halogens is 1. The van der Waals surface area contributed by atoms with Crippen molar-refractivity contribution in [2.75, 3.05) is 0 Å². The highest BCUT2D eigenvalue weighted by molar-refractivity contribution is 9.41. The molecule has 3 heteroatoms. The monoisotopic (exact) mass is 310 g/mol. The van der Waals surface area contributed by atoms with E-state index in [1.165, 1.54) is 0 Å². The fourth-order valence-electron chi connectivity index (χ4n) is 1.93. The second kappa shape index (κ2) is 4.35. The summed E-state index contributed by atoms with van der Waals surface area (Å²) in [6.07, 6.45) is 0. The quantitative estimate of drug-likeness (QED) is 0.437. The highest BCUT2D eigenvalue weighted by atomic mass is 79.9. The molecule has 0 bridgehead atoms. The third-order valence-corrected chi connectivity index (χ3v) is 19.2. The summed E-state index contributed by atoms with van der Waals surface area (Å²) in [6, 6.07) is 0. The molecule has 0 amide bonds. The zero-order chi connectivity index (χ0) is 12.7. The van der Waals surface area contributed by atoms with E-state index in [0.29, 0.717) is 10.3 Å². The van der Waals surface area contributed by atoms with Crippen LogP contribution in [0.2, 0.25) is 19.6 Å². The first-order valence-corrected chi connectivity index (χ1v) is 13.1. The molecule has 0 aromatic rings. The predicted molar refractivity (Wildman–Crippen MR) is 84.8 cm³/mol. The van der Waals surface area contributed by atoms with Crippen molar-refractivity contribution in [1.29, 1.82) is 0 Å². The molecule has 0 radical (unpaired) electrons. The molecule has 0 aromatic heterocycles. The van der Waals surface area contributed by atoms with Crippen LogP contribution in [0.15, 0.2) is 0 Å². The summed E-state index contributed by atoms with van der Waals surface area (Å²) in [5.41, 5.74) is 1.50. The Labute approximate surface area is 106 Å². The van der Waals surface area contributed by atoms with Crippen molar-refractivity contribution in [2.24, 2.45) is 0 Å². The summed E-state index contributed by atoms with van der Waals surface area (Å²) >= 11 is 4.15. The van der Waals surface area contributed by atoms with Gasteiger partial charge >= 0.3 is 0 Å². The average molecular weight is 311 g/mol. The van der Waals surface area contributed by atoms with Crippen molar-refractivity contribution in [3.05, 3.63) is 0 Å². The molecule has 0 aliphatic heterocycles. The van der Waals surface area contributed by atoms with Crippen LogP contribution in [0.5, 0.6) is 0 Å². The molecule has 0 heterocycles.